The maximum atomic E-state index is 12.3. The minimum absolute atomic E-state index is 0.369. The van der Waals surface area contributed by atoms with E-state index in [1.165, 1.54) is 0 Å². The lowest BCUT2D eigenvalue weighted by Crippen LogP contribution is -2.04. The minimum Gasteiger partial charge on any atom is -0.232 e. The third-order valence-electron chi connectivity index (χ3n) is 1.87. The van der Waals surface area contributed by atoms with Crippen LogP contribution in [0, 0.1) is 0 Å². The highest BCUT2D eigenvalue weighted by molar-refractivity contribution is 9.10. The first-order valence-corrected chi connectivity index (χ1v) is 5.93. The second-order valence-corrected chi connectivity index (χ2v) is 4.82. The summed E-state index contributed by atoms with van der Waals surface area (Å²) in [7, 11) is 0. The van der Waals surface area contributed by atoms with Gasteiger partial charge in [-0.2, -0.15) is 13.2 Å². The van der Waals surface area contributed by atoms with Crippen LogP contribution < -0.4 is 0 Å². The quantitative estimate of drug-likeness (QED) is 0.751. The third kappa shape index (κ3) is 2.44. The molecule has 0 aliphatic heterocycles. The van der Waals surface area contributed by atoms with E-state index in [2.05, 4.69) is 20.9 Å². The molecule has 0 saturated carbocycles. The summed E-state index contributed by atoms with van der Waals surface area (Å²) in [4.78, 5) is 3.57. The third-order valence-corrected chi connectivity index (χ3v) is 3.25. The highest BCUT2D eigenvalue weighted by atomic mass is 79.9. The van der Waals surface area contributed by atoms with Crippen LogP contribution in [0.1, 0.15) is 5.69 Å². The summed E-state index contributed by atoms with van der Waals surface area (Å²) in [6, 6.07) is 7.03. The first-order chi connectivity index (χ1) is 7.47. The molecular weight excluding hydrogens is 303 g/mol. The van der Waals surface area contributed by atoms with Crippen LogP contribution in [0.15, 0.2) is 34.1 Å². The van der Waals surface area contributed by atoms with Crippen LogP contribution in [0.4, 0.5) is 13.2 Å². The molecule has 0 radical (unpaired) electrons. The highest BCUT2D eigenvalue weighted by Crippen LogP contribution is 2.33. The van der Waals surface area contributed by atoms with Crippen LogP contribution in [-0.4, -0.2) is 4.98 Å². The summed E-state index contributed by atoms with van der Waals surface area (Å²) >= 11 is 4.25. The van der Waals surface area contributed by atoms with Crippen molar-refractivity contribution in [1.82, 2.24) is 4.98 Å². The van der Waals surface area contributed by atoms with Gasteiger partial charge in [-0.15, -0.1) is 11.3 Å². The van der Waals surface area contributed by atoms with Crippen molar-refractivity contribution < 1.29 is 13.2 Å². The smallest absolute Gasteiger partial charge is 0.232 e. The van der Waals surface area contributed by atoms with Gasteiger partial charge in [-0.25, -0.2) is 4.98 Å². The van der Waals surface area contributed by atoms with Gasteiger partial charge in [0.25, 0.3) is 0 Å². The Labute approximate surface area is 102 Å². The number of hydrogen-bond acceptors (Lipinski definition) is 2. The number of halogens is 4. The van der Waals surface area contributed by atoms with E-state index in [9.17, 15) is 13.2 Å². The molecule has 1 aromatic heterocycles. The fourth-order valence-corrected chi connectivity index (χ4v) is 2.38. The van der Waals surface area contributed by atoms with E-state index in [1.54, 1.807) is 18.2 Å². The Balaban J connectivity index is 2.39. The molecule has 2 aromatic rings. The first kappa shape index (κ1) is 11.6. The number of rotatable bonds is 1. The summed E-state index contributed by atoms with van der Waals surface area (Å²) in [5.41, 5.74) is -0.164. The van der Waals surface area contributed by atoms with Gasteiger partial charge in [0.1, 0.15) is 5.01 Å². The molecule has 0 aliphatic rings. The van der Waals surface area contributed by atoms with E-state index >= 15 is 0 Å². The zero-order valence-corrected chi connectivity index (χ0v) is 10.2. The lowest BCUT2D eigenvalue weighted by Gasteiger charge is -2.00. The monoisotopic (exact) mass is 307 g/mol. The Morgan fingerprint density at radius 3 is 2.56 bits per heavy atom. The average Bonchev–Trinajstić information content (AvgIpc) is 2.65. The number of alkyl halides is 3. The Hall–Kier alpha value is -0.880. The molecule has 16 heavy (non-hydrogen) atoms. The van der Waals surface area contributed by atoms with Gasteiger partial charge in [0.05, 0.1) is 0 Å². The van der Waals surface area contributed by atoms with Crippen molar-refractivity contribution in [2.24, 2.45) is 0 Å². The fourth-order valence-electron chi connectivity index (χ4n) is 1.16. The molecule has 84 valence electrons. The largest absolute Gasteiger partial charge is 0.434 e. The average molecular weight is 308 g/mol. The molecule has 0 spiro atoms. The summed E-state index contributed by atoms with van der Waals surface area (Å²) in [5, 5.41) is 1.39. The van der Waals surface area contributed by atoms with Crippen LogP contribution in [0.3, 0.4) is 0 Å². The van der Waals surface area contributed by atoms with Crippen LogP contribution in [-0.2, 0) is 6.18 Å². The van der Waals surface area contributed by atoms with E-state index in [0.29, 0.717) is 10.6 Å². The summed E-state index contributed by atoms with van der Waals surface area (Å²) in [5.74, 6) is 0. The molecule has 1 nitrogen and oxygen atoms in total. The van der Waals surface area contributed by atoms with Crippen LogP contribution in [0.25, 0.3) is 10.6 Å². The van der Waals surface area contributed by atoms with Crippen molar-refractivity contribution in [3.8, 4) is 10.6 Å². The van der Waals surface area contributed by atoms with Gasteiger partial charge in [0.15, 0.2) is 5.69 Å². The fraction of sp³-hybridized carbons (Fsp3) is 0.100. The zero-order chi connectivity index (χ0) is 11.8. The molecular formula is C10H5BrF3NS. The zero-order valence-electron chi connectivity index (χ0n) is 7.75. The predicted octanol–water partition coefficient (Wildman–Crippen LogP) is 4.59. The van der Waals surface area contributed by atoms with Gasteiger partial charge in [0.2, 0.25) is 0 Å². The molecule has 0 fully saturated rings. The normalized spacial score (nSPS) is 11.8. The van der Waals surface area contributed by atoms with Gasteiger partial charge < -0.3 is 0 Å². The van der Waals surface area contributed by atoms with Gasteiger partial charge in [-0.3, -0.25) is 0 Å². The number of aromatic nitrogens is 1. The van der Waals surface area contributed by atoms with Gasteiger partial charge in [0, 0.05) is 15.4 Å². The van der Waals surface area contributed by atoms with Gasteiger partial charge in [-0.05, 0) is 12.1 Å². The number of nitrogens with zero attached hydrogens (tertiary/aromatic N) is 1. The predicted molar refractivity (Wildman–Crippen MR) is 60.3 cm³/mol. The molecule has 0 atom stereocenters. The molecule has 0 bridgehead atoms. The molecule has 0 saturated heterocycles. The second-order valence-electron chi connectivity index (χ2n) is 3.05. The van der Waals surface area contributed by atoms with Gasteiger partial charge in [-0.1, -0.05) is 28.1 Å². The number of thiazole rings is 1. The SMILES string of the molecule is FC(F)(F)c1csc(-c2cccc(Br)c2)n1. The highest BCUT2D eigenvalue weighted by Gasteiger charge is 2.33. The van der Waals surface area contributed by atoms with E-state index in [4.69, 9.17) is 0 Å². The van der Waals surface area contributed by atoms with Crippen molar-refractivity contribution in [2.45, 2.75) is 6.18 Å². The maximum Gasteiger partial charge on any atom is 0.434 e. The molecule has 1 aromatic carbocycles. The van der Waals surface area contributed by atoms with Crippen molar-refractivity contribution in [3.63, 3.8) is 0 Å². The molecule has 6 heteroatoms. The minimum atomic E-state index is -4.37. The molecule has 1 heterocycles. The van der Waals surface area contributed by atoms with E-state index in [-0.39, 0.29) is 0 Å². The molecule has 0 unspecified atom stereocenters. The first-order valence-electron chi connectivity index (χ1n) is 4.25. The van der Waals surface area contributed by atoms with Crippen LogP contribution in [0.5, 0.6) is 0 Å². The van der Waals surface area contributed by atoms with Crippen molar-refractivity contribution in [3.05, 3.63) is 39.8 Å². The van der Waals surface area contributed by atoms with Crippen molar-refractivity contribution >= 4 is 27.3 Å². The molecule has 0 amide bonds. The maximum absolute atomic E-state index is 12.3. The van der Waals surface area contributed by atoms with Crippen LogP contribution in [0.2, 0.25) is 0 Å². The van der Waals surface area contributed by atoms with E-state index in [0.717, 1.165) is 21.2 Å². The summed E-state index contributed by atoms with van der Waals surface area (Å²) in [6.07, 6.45) is -4.37. The summed E-state index contributed by atoms with van der Waals surface area (Å²) < 4.78 is 37.8. The molecule has 0 aliphatic carbocycles. The van der Waals surface area contributed by atoms with Gasteiger partial charge >= 0.3 is 6.18 Å². The van der Waals surface area contributed by atoms with E-state index < -0.39 is 11.9 Å². The Morgan fingerprint density at radius 1 is 1.25 bits per heavy atom. The van der Waals surface area contributed by atoms with Crippen molar-refractivity contribution in [2.75, 3.05) is 0 Å². The summed E-state index contributed by atoms with van der Waals surface area (Å²) in [6.45, 7) is 0. The number of benzene rings is 1. The van der Waals surface area contributed by atoms with E-state index in [1.807, 2.05) is 6.07 Å². The standard InChI is InChI=1S/C10H5BrF3NS/c11-7-3-1-2-6(4-7)9-15-8(5-16-9)10(12,13)14/h1-5H. The number of hydrogen-bond donors (Lipinski definition) is 0. The second kappa shape index (κ2) is 4.18. The lowest BCUT2D eigenvalue weighted by atomic mass is 10.2. The molecule has 0 N–H and O–H groups in total. The lowest BCUT2D eigenvalue weighted by molar-refractivity contribution is -0.140. The topological polar surface area (TPSA) is 12.9 Å². The molecule has 2 rings (SSSR count). The Kier molecular flexibility index (Phi) is 3.03. The Morgan fingerprint density at radius 2 is 2.00 bits per heavy atom. The van der Waals surface area contributed by atoms with Crippen LogP contribution >= 0.6 is 27.3 Å². The van der Waals surface area contributed by atoms with Crippen molar-refractivity contribution in [1.29, 1.82) is 0 Å². The Bertz CT molecular complexity index is 507.